The minimum Gasteiger partial charge on any atom is -0.466 e. The highest BCUT2D eigenvalue weighted by Gasteiger charge is 2.07. The molecule has 0 aliphatic carbocycles. The predicted octanol–water partition coefficient (Wildman–Crippen LogP) is 4.48. The van der Waals surface area contributed by atoms with Gasteiger partial charge in [-0.3, -0.25) is 9.59 Å². The Morgan fingerprint density at radius 1 is 0.818 bits per heavy atom. The van der Waals surface area contributed by atoms with Gasteiger partial charge in [0.05, 0.1) is 13.2 Å². The predicted molar refractivity (Wildman–Crippen MR) is 89.0 cm³/mol. The van der Waals surface area contributed by atoms with Crippen LogP contribution >= 0.6 is 11.6 Å². The number of carbonyl (C=O) groups excluding carboxylic acids is 2. The largest absolute Gasteiger partial charge is 0.466 e. The fourth-order valence-corrected chi connectivity index (χ4v) is 2.06. The lowest BCUT2D eigenvalue weighted by atomic mass is 10.1. The Morgan fingerprint density at radius 3 is 1.95 bits per heavy atom. The quantitative estimate of drug-likeness (QED) is 0.267. The maximum Gasteiger partial charge on any atom is 0.305 e. The van der Waals surface area contributed by atoms with Crippen molar-refractivity contribution in [3.63, 3.8) is 0 Å². The number of halogens is 1. The molecule has 0 aromatic carbocycles. The van der Waals surface area contributed by atoms with E-state index in [0.29, 0.717) is 25.6 Å². The van der Waals surface area contributed by atoms with Crippen LogP contribution in [0.5, 0.6) is 0 Å². The fraction of sp³-hybridized carbons (Fsp3) is 0.882. The van der Waals surface area contributed by atoms with Crippen LogP contribution in [0.3, 0.4) is 0 Å². The van der Waals surface area contributed by atoms with Gasteiger partial charge in [0.2, 0.25) is 0 Å². The van der Waals surface area contributed by atoms with E-state index >= 15 is 0 Å². The summed E-state index contributed by atoms with van der Waals surface area (Å²) in [5, 5.41) is 0. The molecule has 0 atom stereocenters. The first-order chi connectivity index (χ1) is 10.6. The number of ether oxygens (including phenoxy) is 2. The van der Waals surface area contributed by atoms with Crippen LogP contribution in [0.15, 0.2) is 0 Å². The van der Waals surface area contributed by atoms with Gasteiger partial charge in [0.1, 0.15) is 0 Å². The molecule has 5 heteroatoms. The third-order valence-corrected chi connectivity index (χ3v) is 3.40. The summed E-state index contributed by atoms with van der Waals surface area (Å²) in [5.74, 6) is 0.615. The first-order valence-electron chi connectivity index (χ1n) is 8.43. The number of esters is 2. The molecule has 0 amide bonds. The molecule has 0 saturated heterocycles. The molecule has 0 aromatic heterocycles. The van der Waals surface area contributed by atoms with Gasteiger partial charge in [0, 0.05) is 18.7 Å². The summed E-state index contributed by atoms with van der Waals surface area (Å²) < 4.78 is 10.2. The summed E-state index contributed by atoms with van der Waals surface area (Å²) in [7, 11) is 0. The Bertz CT molecular complexity index is 292. The van der Waals surface area contributed by atoms with E-state index in [9.17, 15) is 9.59 Å². The van der Waals surface area contributed by atoms with Crippen LogP contribution in [0.25, 0.3) is 0 Å². The Hall–Kier alpha value is -0.770. The number of carbonyl (C=O) groups is 2. The van der Waals surface area contributed by atoms with E-state index in [1.807, 2.05) is 13.8 Å². The molecule has 0 saturated carbocycles. The van der Waals surface area contributed by atoms with Gasteiger partial charge in [-0.2, -0.15) is 0 Å². The van der Waals surface area contributed by atoms with E-state index in [4.69, 9.17) is 21.1 Å². The minimum atomic E-state index is -0.238. The van der Waals surface area contributed by atoms with Gasteiger partial charge in [0.25, 0.3) is 0 Å². The smallest absolute Gasteiger partial charge is 0.305 e. The van der Waals surface area contributed by atoms with E-state index in [2.05, 4.69) is 0 Å². The standard InChI is InChI=1S/C17H31ClO4/c1-15(2)14-22-17(20)11-9-10-16(19)21-13-8-6-4-3-5-7-12-18/h15H,3-14H2,1-2H3. The van der Waals surface area contributed by atoms with Crippen LogP contribution in [0.1, 0.15) is 71.6 Å². The Morgan fingerprint density at radius 2 is 1.36 bits per heavy atom. The fourth-order valence-electron chi connectivity index (χ4n) is 1.87. The molecule has 4 nitrogen and oxygen atoms in total. The lowest BCUT2D eigenvalue weighted by Crippen LogP contribution is -2.11. The second-order valence-corrected chi connectivity index (χ2v) is 6.34. The second kappa shape index (κ2) is 15.1. The average molecular weight is 335 g/mol. The summed E-state index contributed by atoms with van der Waals surface area (Å²) >= 11 is 5.60. The van der Waals surface area contributed by atoms with E-state index in [1.165, 1.54) is 12.8 Å². The van der Waals surface area contributed by atoms with Gasteiger partial charge in [-0.15, -0.1) is 11.6 Å². The molecule has 0 aliphatic heterocycles. The summed E-state index contributed by atoms with van der Waals surface area (Å²) in [6, 6.07) is 0. The SMILES string of the molecule is CC(C)COC(=O)CCCC(=O)OCCCCCCCCCl. The van der Waals surface area contributed by atoms with Crippen molar-refractivity contribution in [3.05, 3.63) is 0 Å². The topological polar surface area (TPSA) is 52.6 Å². The third-order valence-electron chi connectivity index (χ3n) is 3.13. The molecule has 0 aliphatic rings. The zero-order chi connectivity index (χ0) is 16.6. The minimum absolute atomic E-state index is 0.223. The molecule has 0 bridgehead atoms. The molecule has 0 unspecified atom stereocenters. The molecule has 22 heavy (non-hydrogen) atoms. The molecular formula is C17H31ClO4. The van der Waals surface area contributed by atoms with Gasteiger partial charge in [-0.05, 0) is 25.2 Å². The van der Waals surface area contributed by atoms with Crippen LogP contribution in [0, 0.1) is 5.92 Å². The Kier molecular flexibility index (Phi) is 14.6. The highest BCUT2D eigenvalue weighted by Crippen LogP contribution is 2.07. The highest BCUT2D eigenvalue weighted by molar-refractivity contribution is 6.17. The first kappa shape index (κ1) is 21.2. The number of rotatable bonds is 14. The monoisotopic (exact) mass is 334 g/mol. The van der Waals surface area contributed by atoms with Gasteiger partial charge in [-0.1, -0.05) is 39.5 Å². The van der Waals surface area contributed by atoms with Crippen molar-refractivity contribution in [2.75, 3.05) is 19.1 Å². The van der Waals surface area contributed by atoms with E-state index in [1.54, 1.807) is 0 Å². The molecule has 0 heterocycles. The lowest BCUT2D eigenvalue weighted by molar-refractivity contribution is -0.146. The second-order valence-electron chi connectivity index (χ2n) is 5.96. The normalized spacial score (nSPS) is 10.7. The van der Waals surface area contributed by atoms with Crippen molar-refractivity contribution in [1.29, 1.82) is 0 Å². The molecule has 0 radical (unpaired) electrons. The van der Waals surface area contributed by atoms with E-state index in [-0.39, 0.29) is 24.8 Å². The molecule has 0 fully saturated rings. The number of hydrogen-bond donors (Lipinski definition) is 0. The highest BCUT2D eigenvalue weighted by atomic mass is 35.5. The maximum absolute atomic E-state index is 11.5. The summed E-state index contributed by atoms with van der Waals surface area (Å²) in [5.41, 5.74) is 0. The zero-order valence-electron chi connectivity index (χ0n) is 14.1. The molecular weight excluding hydrogens is 304 g/mol. The first-order valence-corrected chi connectivity index (χ1v) is 8.97. The summed E-state index contributed by atoms with van der Waals surface area (Å²) in [4.78, 5) is 22.8. The number of alkyl halides is 1. The van der Waals surface area contributed by atoms with Crippen LogP contribution in [0.2, 0.25) is 0 Å². The van der Waals surface area contributed by atoms with Crippen molar-refractivity contribution >= 4 is 23.5 Å². The molecule has 0 rings (SSSR count). The Balaban J connectivity index is 3.34. The molecule has 130 valence electrons. The molecule has 0 spiro atoms. The maximum atomic E-state index is 11.5. The Labute approximate surface area is 139 Å². The van der Waals surface area contributed by atoms with Crippen LogP contribution in [0.4, 0.5) is 0 Å². The van der Waals surface area contributed by atoms with Gasteiger partial charge < -0.3 is 9.47 Å². The van der Waals surface area contributed by atoms with Crippen molar-refractivity contribution in [2.24, 2.45) is 5.92 Å². The number of hydrogen-bond acceptors (Lipinski definition) is 4. The van der Waals surface area contributed by atoms with Gasteiger partial charge in [-0.25, -0.2) is 0 Å². The molecule has 0 aromatic rings. The number of unbranched alkanes of at least 4 members (excludes halogenated alkanes) is 5. The summed E-state index contributed by atoms with van der Waals surface area (Å²) in [6.07, 6.45) is 7.66. The van der Waals surface area contributed by atoms with Crippen molar-refractivity contribution in [3.8, 4) is 0 Å². The lowest BCUT2D eigenvalue weighted by Gasteiger charge is -2.07. The van der Waals surface area contributed by atoms with Crippen LogP contribution < -0.4 is 0 Å². The average Bonchev–Trinajstić information content (AvgIpc) is 2.48. The van der Waals surface area contributed by atoms with E-state index in [0.717, 1.165) is 31.6 Å². The van der Waals surface area contributed by atoms with Crippen molar-refractivity contribution < 1.29 is 19.1 Å². The summed E-state index contributed by atoms with van der Waals surface area (Å²) in [6.45, 7) is 4.89. The van der Waals surface area contributed by atoms with E-state index < -0.39 is 0 Å². The van der Waals surface area contributed by atoms with Gasteiger partial charge >= 0.3 is 11.9 Å². The molecule has 0 N–H and O–H groups in total. The van der Waals surface area contributed by atoms with Crippen LogP contribution in [-0.2, 0) is 19.1 Å². The van der Waals surface area contributed by atoms with Crippen LogP contribution in [-0.4, -0.2) is 31.0 Å². The zero-order valence-corrected chi connectivity index (χ0v) is 14.8. The van der Waals surface area contributed by atoms with Gasteiger partial charge in [0.15, 0.2) is 0 Å². The van der Waals surface area contributed by atoms with Crippen molar-refractivity contribution in [2.45, 2.75) is 71.6 Å². The van der Waals surface area contributed by atoms with Crippen molar-refractivity contribution in [1.82, 2.24) is 0 Å². The third kappa shape index (κ3) is 15.6.